The summed E-state index contributed by atoms with van der Waals surface area (Å²) in [5.74, 6) is -0.0933. The van der Waals surface area contributed by atoms with Gasteiger partial charge in [0.2, 0.25) is 5.91 Å². The van der Waals surface area contributed by atoms with E-state index in [2.05, 4.69) is 63.2 Å². The van der Waals surface area contributed by atoms with Gasteiger partial charge in [-0.25, -0.2) is 0 Å². The predicted molar refractivity (Wildman–Crippen MR) is 160 cm³/mol. The number of hydrogen-bond donors (Lipinski definition) is 2. The normalized spacial score (nSPS) is 17.0. The van der Waals surface area contributed by atoms with Crippen LogP contribution in [0, 0.1) is 26.7 Å². The summed E-state index contributed by atoms with van der Waals surface area (Å²) in [4.78, 5) is 23.4. The Labute approximate surface area is 235 Å². The first kappa shape index (κ1) is 26.6. The smallest absolute Gasteiger partial charge is 0.226 e. The van der Waals surface area contributed by atoms with Gasteiger partial charge in [-0.2, -0.15) is 0 Å². The molecule has 200 valence electrons. The van der Waals surface area contributed by atoms with Crippen LogP contribution in [-0.4, -0.2) is 25.6 Å². The summed E-state index contributed by atoms with van der Waals surface area (Å²) >= 11 is 5.95. The highest BCUT2D eigenvalue weighted by Gasteiger charge is 2.42. The van der Waals surface area contributed by atoms with Gasteiger partial charge in [-0.15, -0.1) is 0 Å². The van der Waals surface area contributed by atoms with Gasteiger partial charge in [0.05, 0.1) is 17.8 Å². The number of thiocarbonyl (C=S) groups is 1. The lowest BCUT2D eigenvalue weighted by atomic mass is 9.96. The van der Waals surface area contributed by atoms with E-state index in [-0.39, 0.29) is 23.9 Å². The Morgan fingerprint density at radius 3 is 2.49 bits per heavy atom. The third kappa shape index (κ3) is 5.29. The fraction of sp³-hybridized carbons (Fsp3) is 0.290. The van der Waals surface area contributed by atoms with Gasteiger partial charge < -0.3 is 20.1 Å². The van der Waals surface area contributed by atoms with E-state index >= 15 is 0 Å². The number of nitrogens with one attached hydrogen (secondary N) is 2. The third-order valence-corrected chi connectivity index (χ3v) is 7.70. The molecule has 0 saturated carbocycles. The Morgan fingerprint density at radius 1 is 1.05 bits per heavy atom. The topological polar surface area (TPSA) is 75.1 Å². The molecule has 1 aliphatic heterocycles. The molecule has 7 nitrogen and oxygen atoms in total. The largest absolute Gasteiger partial charge is 0.351 e. The highest BCUT2D eigenvalue weighted by molar-refractivity contribution is 7.80. The maximum Gasteiger partial charge on any atom is 0.226 e. The van der Waals surface area contributed by atoms with Crippen LogP contribution >= 0.6 is 12.2 Å². The summed E-state index contributed by atoms with van der Waals surface area (Å²) in [6.45, 7) is 10.9. The minimum absolute atomic E-state index is 0.000982. The number of aryl methyl sites for hydroxylation is 2. The molecule has 0 unspecified atom stereocenters. The lowest BCUT2D eigenvalue weighted by Crippen LogP contribution is -2.29. The molecule has 0 radical (unpaired) electrons. The molecule has 1 saturated heterocycles. The third-order valence-electron chi connectivity index (χ3n) is 7.39. The second-order valence-corrected chi connectivity index (χ2v) is 10.8. The zero-order valence-corrected chi connectivity index (χ0v) is 23.8. The Hall–Kier alpha value is -4.04. The van der Waals surface area contributed by atoms with Crippen LogP contribution in [0.4, 0.5) is 11.4 Å². The summed E-state index contributed by atoms with van der Waals surface area (Å²) in [5.41, 5.74) is 8.45. The number of hydrogen-bond acceptors (Lipinski definition) is 4. The average Bonchev–Trinajstić information content (AvgIpc) is 3.41. The lowest BCUT2D eigenvalue weighted by Gasteiger charge is -2.29. The van der Waals surface area contributed by atoms with Gasteiger partial charge in [-0.1, -0.05) is 19.9 Å². The number of benzene rings is 1. The van der Waals surface area contributed by atoms with E-state index < -0.39 is 0 Å². The summed E-state index contributed by atoms with van der Waals surface area (Å²) < 4.78 is 2.34. The van der Waals surface area contributed by atoms with Crippen molar-refractivity contribution in [2.75, 3.05) is 10.2 Å². The zero-order valence-electron chi connectivity index (χ0n) is 23.0. The summed E-state index contributed by atoms with van der Waals surface area (Å²) in [5, 5.41) is 7.24. The van der Waals surface area contributed by atoms with Crippen molar-refractivity contribution in [2.45, 2.75) is 53.2 Å². The Balaban J connectivity index is 1.57. The number of rotatable bonds is 7. The highest BCUT2D eigenvalue weighted by Crippen LogP contribution is 2.44. The van der Waals surface area contributed by atoms with Crippen LogP contribution in [-0.2, 0) is 11.3 Å². The van der Waals surface area contributed by atoms with E-state index in [0.29, 0.717) is 5.11 Å². The van der Waals surface area contributed by atoms with Crippen molar-refractivity contribution >= 4 is 34.6 Å². The maximum atomic E-state index is 12.3. The fourth-order valence-electron chi connectivity index (χ4n) is 5.21. The van der Waals surface area contributed by atoms with Gasteiger partial charge in [0.1, 0.15) is 0 Å². The van der Waals surface area contributed by atoms with Crippen molar-refractivity contribution in [3.63, 3.8) is 0 Å². The van der Waals surface area contributed by atoms with Gasteiger partial charge in [0.15, 0.2) is 5.11 Å². The minimum atomic E-state index is -0.130. The SMILES string of the molecule is Cc1cc(N2C(=S)N[C@H](c3ccccn3)[C@H]2c2cc(C)n(Cc3ccncc3)c2C)ccc1NC(=O)C(C)C. The highest BCUT2D eigenvalue weighted by atomic mass is 32.1. The average molecular weight is 539 g/mol. The van der Waals surface area contributed by atoms with Crippen molar-refractivity contribution < 1.29 is 4.79 Å². The van der Waals surface area contributed by atoms with Crippen LogP contribution in [0.5, 0.6) is 0 Å². The Kier molecular flexibility index (Phi) is 7.48. The van der Waals surface area contributed by atoms with Crippen molar-refractivity contribution in [1.82, 2.24) is 19.9 Å². The summed E-state index contributed by atoms with van der Waals surface area (Å²) in [6.07, 6.45) is 5.49. The van der Waals surface area contributed by atoms with Gasteiger partial charge in [-0.05, 0) is 98.2 Å². The van der Waals surface area contributed by atoms with E-state index in [1.165, 1.54) is 22.5 Å². The fourth-order valence-corrected chi connectivity index (χ4v) is 5.55. The van der Waals surface area contributed by atoms with E-state index in [9.17, 15) is 4.79 Å². The number of carbonyl (C=O) groups is 1. The van der Waals surface area contributed by atoms with Gasteiger partial charge in [0, 0.05) is 53.8 Å². The standard InChI is InChI=1S/C31H34N6OS/c1-19(2)30(38)34-26-10-9-24(16-20(26)3)37-29(28(35-31(37)39)27-8-6-7-13-33-27)25-17-21(4)36(22(25)5)18-23-11-14-32-15-12-23/h6-17,19,28-29H,18H2,1-5H3,(H,34,38)(H,35,39)/t28-,29-/m1/s1. The first-order chi connectivity index (χ1) is 18.7. The molecule has 0 spiro atoms. The van der Waals surface area contributed by atoms with E-state index in [0.717, 1.165) is 29.2 Å². The summed E-state index contributed by atoms with van der Waals surface area (Å²) in [7, 11) is 0. The molecule has 4 heterocycles. The number of nitrogens with zero attached hydrogens (tertiary/aromatic N) is 4. The molecule has 2 N–H and O–H groups in total. The molecule has 1 amide bonds. The first-order valence-electron chi connectivity index (χ1n) is 13.2. The molecule has 1 aliphatic rings. The van der Waals surface area contributed by atoms with Crippen LogP contribution in [0.1, 0.15) is 59.7 Å². The van der Waals surface area contributed by atoms with Gasteiger partial charge in [-0.3, -0.25) is 14.8 Å². The number of aromatic nitrogens is 3. The molecule has 0 bridgehead atoms. The second-order valence-electron chi connectivity index (χ2n) is 10.4. The van der Waals surface area contributed by atoms with Crippen LogP contribution in [0.25, 0.3) is 0 Å². The minimum Gasteiger partial charge on any atom is -0.351 e. The van der Waals surface area contributed by atoms with Crippen LogP contribution in [0.3, 0.4) is 0 Å². The monoisotopic (exact) mass is 538 g/mol. The number of anilines is 2. The van der Waals surface area contributed by atoms with E-state index in [4.69, 9.17) is 17.2 Å². The molecular weight excluding hydrogens is 504 g/mol. The van der Waals surface area contributed by atoms with Gasteiger partial charge in [0.25, 0.3) is 0 Å². The van der Waals surface area contributed by atoms with E-state index in [1.807, 2.05) is 69.7 Å². The van der Waals surface area contributed by atoms with Crippen LogP contribution < -0.4 is 15.5 Å². The Morgan fingerprint density at radius 2 is 1.82 bits per heavy atom. The molecule has 2 atom stereocenters. The molecule has 1 fully saturated rings. The van der Waals surface area contributed by atoms with Crippen molar-refractivity contribution in [3.05, 3.63) is 107 Å². The lowest BCUT2D eigenvalue weighted by molar-refractivity contribution is -0.118. The second kappa shape index (κ2) is 11.0. The van der Waals surface area contributed by atoms with E-state index in [1.54, 1.807) is 0 Å². The molecule has 1 aromatic carbocycles. The molecule has 3 aromatic heterocycles. The predicted octanol–water partition coefficient (Wildman–Crippen LogP) is 6.02. The van der Waals surface area contributed by atoms with Crippen LogP contribution in [0.15, 0.2) is 73.2 Å². The molecule has 5 rings (SSSR count). The molecule has 8 heteroatoms. The van der Waals surface area contributed by atoms with Crippen molar-refractivity contribution in [3.8, 4) is 0 Å². The van der Waals surface area contributed by atoms with Crippen LogP contribution in [0.2, 0.25) is 0 Å². The molecule has 4 aromatic rings. The van der Waals surface area contributed by atoms with Crippen molar-refractivity contribution in [1.29, 1.82) is 0 Å². The first-order valence-corrected chi connectivity index (χ1v) is 13.6. The van der Waals surface area contributed by atoms with Gasteiger partial charge >= 0.3 is 0 Å². The number of carbonyl (C=O) groups excluding carboxylic acids is 1. The quantitative estimate of drug-likeness (QED) is 0.280. The molecular formula is C31H34N6OS. The van der Waals surface area contributed by atoms with Crippen molar-refractivity contribution in [2.24, 2.45) is 5.92 Å². The number of pyridine rings is 2. The maximum absolute atomic E-state index is 12.3. The zero-order chi connectivity index (χ0) is 27.7. The molecule has 0 aliphatic carbocycles. The Bertz CT molecular complexity index is 1500. The summed E-state index contributed by atoms with van der Waals surface area (Å²) in [6, 6.07) is 18.2. The molecule has 39 heavy (non-hydrogen) atoms. The number of amides is 1.